The van der Waals surface area contributed by atoms with Gasteiger partial charge in [-0.15, -0.1) is 0 Å². The van der Waals surface area contributed by atoms with E-state index < -0.39 is 5.54 Å². The van der Waals surface area contributed by atoms with Crippen LogP contribution in [0.2, 0.25) is 0 Å². The summed E-state index contributed by atoms with van der Waals surface area (Å²) in [5.74, 6) is -0.227. The van der Waals surface area contributed by atoms with E-state index in [0.29, 0.717) is 6.42 Å². The van der Waals surface area contributed by atoms with Crippen molar-refractivity contribution in [1.29, 1.82) is 0 Å². The average molecular weight is 382 g/mol. The molecule has 1 atom stereocenters. The molecule has 4 heteroatoms. The van der Waals surface area contributed by atoms with Crippen LogP contribution in [0.5, 0.6) is 0 Å². The number of rotatable bonds is 6. The Balaban J connectivity index is 1.63. The first-order valence-electron chi connectivity index (χ1n) is 9.64. The largest absolute Gasteiger partial charge is 0.325 e. The van der Waals surface area contributed by atoms with Crippen LogP contribution >= 0.6 is 0 Å². The monoisotopic (exact) mass is 382 g/mol. The minimum atomic E-state index is -1.10. The Morgan fingerprint density at radius 1 is 0.793 bits per heavy atom. The third-order valence-electron chi connectivity index (χ3n) is 5.15. The molecular weight excluding hydrogens is 360 g/mol. The predicted molar refractivity (Wildman–Crippen MR) is 114 cm³/mol. The Hall–Kier alpha value is -3.66. The van der Waals surface area contributed by atoms with Crippen molar-refractivity contribution >= 4 is 18.0 Å². The lowest BCUT2D eigenvalue weighted by atomic mass is 9.83. The topological polar surface area (TPSA) is 49.4 Å². The molecule has 0 aliphatic carbocycles. The minimum Gasteiger partial charge on any atom is -0.319 e. The molecule has 0 aromatic heterocycles. The van der Waals surface area contributed by atoms with E-state index in [1.165, 1.54) is 4.90 Å². The van der Waals surface area contributed by atoms with Gasteiger partial charge in [0.05, 0.1) is 0 Å². The number of nitrogens with one attached hydrogen (secondary N) is 1. The lowest BCUT2D eigenvalue weighted by Crippen LogP contribution is -2.46. The molecular formula is C25H22N2O2. The van der Waals surface area contributed by atoms with Gasteiger partial charge < -0.3 is 5.32 Å². The van der Waals surface area contributed by atoms with Crippen molar-refractivity contribution in [3.05, 3.63) is 114 Å². The fourth-order valence-electron chi connectivity index (χ4n) is 3.69. The molecule has 0 saturated carbocycles. The second-order valence-electron chi connectivity index (χ2n) is 7.09. The van der Waals surface area contributed by atoms with Gasteiger partial charge in [-0.05, 0) is 16.7 Å². The number of imide groups is 1. The second-order valence-corrected chi connectivity index (χ2v) is 7.09. The van der Waals surface area contributed by atoms with Crippen molar-refractivity contribution in [3.8, 4) is 0 Å². The highest BCUT2D eigenvalue weighted by Gasteiger charge is 2.51. The van der Waals surface area contributed by atoms with Gasteiger partial charge in [-0.3, -0.25) is 9.69 Å². The molecule has 1 saturated heterocycles. The van der Waals surface area contributed by atoms with Crippen molar-refractivity contribution in [2.75, 3.05) is 6.54 Å². The van der Waals surface area contributed by atoms with Gasteiger partial charge in [0, 0.05) is 13.0 Å². The number of hydrogen-bond acceptors (Lipinski definition) is 2. The van der Waals surface area contributed by atoms with Crippen molar-refractivity contribution in [2.24, 2.45) is 0 Å². The summed E-state index contributed by atoms with van der Waals surface area (Å²) < 4.78 is 0. The molecule has 144 valence electrons. The molecule has 0 bridgehead atoms. The summed E-state index contributed by atoms with van der Waals surface area (Å²) in [5.41, 5.74) is 1.71. The van der Waals surface area contributed by atoms with E-state index in [2.05, 4.69) is 5.32 Å². The number of hydrogen-bond donors (Lipinski definition) is 1. The molecule has 0 unspecified atom stereocenters. The summed E-state index contributed by atoms with van der Waals surface area (Å²) in [4.78, 5) is 27.5. The maximum atomic E-state index is 13.5. The molecule has 3 aromatic rings. The summed E-state index contributed by atoms with van der Waals surface area (Å²) in [6.07, 6.45) is 4.16. The Kier molecular flexibility index (Phi) is 5.25. The lowest BCUT2D eigenvalue weighted by molar-refractivity contribution is -0.131. The van der Waals surface area contributed by atoms with Gasteiger partial charge in [0.2, 0.25) is 0 Å². The number of benzene rings is 3. The van der Waals surface area contributed by atoms with E-state index in [0.717, 1.165) is 16.7 Å². The fraction of sp³-hybridized carbons (Fsp3) is 0.120. The van der Waals surface area contributed by atoms with Gasteiger partial charge in [-0.1, -0.05) is 103 Å². The number of nitrogens with zero attached hydrogens (tertiary/aromatic N) is 1. The summed E-state index contributed by atoms with van der Waals surface area (Å²) in [6, 6.07) is 28.7. The average Bonchev–Trinajstić information content (AvgIpc) is 3.01. The standard InChI is InChI=1S/C25H22N2O2/c28-23-25(22-16-8-3-9-17-22,19-21-13-6-2-7-14-21)26-24(29)27(23)18-10-15-20-11-4-1-5-12-20/h1-17H,18-19H2,(H,26,29)/b15-10-/t25-/m1/s1. The van der Waals surface area contributed by atoms with Crippen LogP contribution in [0, 0.1) is 0 Å². The molecule has 3 aromatic carbocycles. The molecule has 3 amide bonds. The van der Waals surface area contributed by atoms with Crippen molar-refractivity contribution in [2.45, 2.75) is 12.0 Å². The van der Waals surface area contributed by atoms with E-state index in [1.807, 2.05) is 103 Å². The van der Waals surface area contributed by atoms with Crippen molar-refractivity contribution in [3.63, 3.8) is 0 Å². The molecule has 1 aliphatic rings. The third-order valence-corrected chi connectivity index (χ3v) is 5.15. The molecule has 4 nitrogen and oxygen atoms in total. The van der Waals surface area contributed by atoms with E-state index >= 15 is 0 Å². The summed E-state index contributed by atoms with van der Waals surface area (Å²) in [6.45, 7) is 0.225. The molecule has 29 heavy (non-hydrogen) atoms. The number of amides is 3. The fourth-order valence-corrected chi connectivity index (χ4v) is 3.69. The summed E-state index contributed by atoms with van der Waals surface area (Å²) in [5, 5.41) is 2.98. The minimum absolute atomic E-state index is 0.225. The van der Waals surface area contributed by atoms with Crippen LogP contribution in [0.3, 0.4) is 0 Å². The molecule has 1 aliphatic heterocycles. The zero-order chi connectivity index (χ0) is 20.1. The van der Waals surface area contributed by atoms with E-state index in [-0.39, 0.29) is 18.5 Å². The number of carbonyl (C=O) groups is 2. The molecule has 1 fully saturated rings. The lowest BCUT2D eigenvalue weighted by Gasteiger charge is -2.27. The first kappa shape index (κ1) is 18.7. The van der Waals surface area contributed by atoms with Crippen LogP contribution in [0.25, 0.3) is 6.08 Å². The van der Waals surface area contributed by atoms with Crippen LogP contribution in [0.4, 0.5) is 4.79 Å². The molecule has 1 N–H and O–H groups in total. The third kappa shape index (κ3) is 3.83. The van der Waals surface area contributed by atoms with Gasteiger partial charge in [0.1, 0.15) is 0 Å². The highest BCUT2D eigenvalue weighted by molar-refractivity contribution is 6.07. The number of urea groups is 1. The van der Waals surface area contributed by atoms with E-state index in [4.69, 9.17) is 0 Å². The Bertz CT molecular complexity index is 1020. The Morgan fingerprint density at radius 3 is 2.03 bits per heavy atom. The quantitative estimate of drug-likeness (QED) is 0.643. The van der Waals surface area contributed by atoms with Crippen LogP contribution in [-0.4, -0.2) is 23.4 Å². The highest BCUT2D eigenvalue weighted by Crippen LogP contribution is 2.33. The van der Waals surface area contributed by atoms with Gasteiger partial charge in [-0.25, -0.2) is 4.79 Å². The SMILES string of the molecule is O=C1N[C@](Cc2ccccc2)(c2ccccc2)C(=O)N1C/C=C\c1ccccc1. The van der Waals surface area contributed by atoms with Gasteiger partial charge in [0.15, 0.2) is 5.54 Å². The predicted octanol–water partition coefficient (Wildman–Crippen LogP) is 4.39. The first-order valence-corrected chi connectivity index (χ1v) is 9.64. The Labute approximate surface area is 170 Å². The zero-order valence-electron chi connectivity index (χ0n) is 16.0. The summed E-state index contributed by atoms with van der Waals surface area (Å²) >= 11 is 0. The van der Waals surface area contributed by atoms with Crippen LogP contribution in [0.15, 0.2) is 97.1 Å². The van der Waals surface area contributed by atoms with Gasteiger partial charge >= 0.3 is 6.03 Å². The van der Waals surface area contributed by atoms with Gasteiger partial charge in [0.25, 0.3) is 5.91 Å². The highest BCUT2D eigenvalue weighted by atomic mass is 16.2. The molecule has 4 rings (SSSR count). The first-order chi connectivity index (χ1) is 14.2. The summed E-state index contributed by atoms with van der Waals surface area (Å²) in [7, 11) is 0. The Morgan fingerprint density at radius 2 is 1.38 bits per heavy atom. The van der Waals surface area contributed by atoms with Crippen LogP contribution < -0.4 is 5.32 Å². The normalized spacial score (nSPS) is 19.0. The zero-order valence-corrected chi connectivity index (χ0v) is 16.0. The number of carbonyl (C=O) groups excluding carboxylic acids is 2. The van der Waals surface area contributed by atoms with E-state index in [9.17, 15) is 9.59 Å². The molecule has 0 radical (unpaired) electrons. The van der Waals surface area contributed by atoms with Crippen LogP contribution in [-0.2, 0) is 16.8 Å². The van der Waals surface area contributed by atoms with Crippen molar-refractivity contribution in [1.82, 2.24) is 10.2 Å². The van der Waals surface area contributed by atoms with Gasteiger partial charge in [-0.2, -0.15) is 0 Å². The molecule has 0 spiro atoms. The van der Waals surface area contributed by atoms with Crippen molar-refractivity contribution < 1.29 is 9.59 Å². The van der Waals surface area contributed by atoms with Crippen LogP contribution in [0.1, 0.15) is 16.7 Å². The maximum Gasteiger partial charge on any atom is 0.325 e. The maximum absolute atomic E-state index is 13.5. The van der Waals surface area contributed by atoms with E-state index in [1.54, 1.807) is 0 Å². The second kappa shape index (κ2) is 8.15. The molecule has 1 heterocycles. The smallest absolute Gasteiger partial charge is 0.319 e.